The lowest BCUT2D eigenvalue weighted by atomic mass is 9.93. The Morgan fingerprint density at radius 3 is 2.41 bits per heavy atom. The molecule has 0 fully saturated rings. The smallest absolute Gasteiger partial charge is 0.326 e. The number of carboxylic acids is 2. The van der Waals surface area contributed by atoms with Crippen LogP contribution in [-0.4, -0.2) is 52.7 Å². The lowest BCUT2D eigenvalue weighted by molar-refractivity contribution is -0.144. The molecule has 10 heteroatoms. The molecule has 1 heterocycles. The standard InChI is InChI=1S/C31H33ClN2O7/c1-31(2,3)17-34-24-13-11-19(32)15-22(24)28(21-10-6-8-18-7-4-5-9-20(18)21)41-25(29(34)38)16-26(35)33-23(30(39)40)12-14-27(36)37/h4-11,13,15,23,25,28H,12,14,16-17H2,1-3H3,(H,33,35)(H,36,37)(H,39,40)/t23-,25?,28?/m0/s1. The SMILES string of the molecule is CC(C)(C)CN1C(=O)C(CC(=O)N[C@@H](CCC(=O)O)C(=O)O)OC(c2cccc3ccccc23)c2cc(Cl)ccc21. The van der Waals surface area contributed by atoms with E-state index in [1.807, 2.05) is 63.2 Å². The summed E-state index contributed by atoms with van der Waals surface area (Å²) >= 11 is 6.46. The highest BCUT2D eigenvalue weighted by Gasteiger charge is 2.39. The number of carbonyl (C=O) groups is 4. The third-order valence-corrected chi connectivity index (χ3v) is 7.03. The van der Waals surface area contributed by atoms with Gasteiger partial charge in [-0.05, 0) is 46.4 Å². The maximum atomic E-state index is 14.1. The fourth-order valence-corrected chi connectivity index (χ4v) is 5.19. The number of benzene rings is 3. The zero-order chi connectivity index (χ0) is 29.9. The summed E-state index contributed by atoms with van der Waals surface area (Å²) in [6.07, 6.45) is -3.23. The molecule has 0 aliphatic carbocycles. The van der Waals surface area contributed by atoms with Gasteiger partial charge in [-0.3, -0.25) is 14.4 Å². The molecule has 9 nitrogen and oxygen atoms in total. The van der Waals surface area contributed by atoms with Crippen LogP contribution in [0.4, 0.5) is 5.69 Å². The second-order valence-electron chi connectivity index (χ2n) is 11.4. The van der Waals surface area contributed by atoms with Gasteiger partial charge in [0.1, 0.15) is 18.2 Å². The molecule has 3 N–H and O–H groups in total. The maximum absolute atomic E-state index is 14.1. The minimum Gasteiger partial charge on any atom is -0.481 e. The molecule has 1 aliphatic heterocycles. The van der Waals surface area contributed by atoms with E-state index in [1.54, 1.807) is 23.1 Å². The molecular formula is C31H33ClN2O7. The van der Waals surface area contributed by atoms with E-state index in [-0.39, 0.29) is 11.8 Å². The summed E-state index contributed by atoms with van der Waals surface area (Å²) in [6.45, 7) is 6.29. The van der Waals surface area contributed by atoms with Crippen LogP contribution >= 0.6 is 11.6 Å². The number of halogens is 1. The van der Waals surface area contributed by atoms with Crippen LogP contribution in [0.5, 0.6) is 0 Å². The Morgan fingerprint density at radius 1 is 1.02 bits per heavy atom. The number of nitrogens with zero attached hydrogens (tertiary/aromatic N) is 1. The lowest BCUT2D eigenvalue weighted by Crippen LogP contribution is -2.47. The number of anilines is 1. The number of aliphatic carboxylic acids is 2. The molecule has 3 aromatic rings. The second kappa shape index (κ2) is 12.3. The van der Waals surface area contributed by atoms with Crippen molar-refractivity contribution in [3.63, 3.8) is 0 Å². The topological polar surface area (TPSA) is 133 Å². The molecule has 41 heavy (non-hydrogen) atoms. The monoisotopic (exact) mass is 580 g/mol. The van der Waals surface area contributed by atoms with Crippen LogP contribution in [-0.2, 0) is 23.9 Å². The number of fused-ring (bicyclic) bond motifs is 2. The molecule has 0 spiro atoms. The van der Waals surface area contributed by atoms with Crippen molar-refractivity contribution >= 4 is 51.8 Å². The van der Waals surface area contributed by atoms with Crippen molar-refractivity contribution in [1.29, 1.82) is 0 Å². The van der Waals surface area contributed by atoms with E-state index < -0.39 is 54.8 Å². The van der Waals surface area contributed by atoms with Crippen LogP contribution in [0, 0.1) is 5.41 Å². The van der Waals surface area contributed by atoms with E-state index in [0.717, 1.165) is 16.3 Å². The molecule has 3 aromatic carbocycles. The van der Waals surface area contributed by atoms with Crippen molar-refractivity contribution in [2.45, 2.75) is 58.3 Å². The Labute approximate surface area is 243 Å². The zero-order valence-corrected chi connectivity index (χ0v) is 23.9. The van der Waals surface area contributed by atoms with Crippen molar-refractivity contribution in [1.82, 2.24) is 5.32 Å². The predicted octanol–water partition coefficient (Wildman–Crippen LogP) is 5.18. The van der Waals surface area contributed by atoms with Crippen molar-refractivity contribution in [3.8, 4) is 0 Å². The first-order chi connectivity index (χ1) is 19.3. The van der Waals surface area contributed by atoms with Gasteiger partial charge in [0.05, 0.1) is 6.42 Å². The third kappa shape index (κ3) is 7.23. The number of amides is 2. The zero-order valence-electron chi connectivity index (χ0n) is 23.1. The Hall–Kier alpha value is -3.95. The van der Waals surface area contributed by atoms with E-state index in [1.165, 1.54) is 0 Å². The lowest BCUT2D eigenvalue weighted by Gasteiger charge is -2.31. The molecule has 4 rings (SSSR count). The first-order valence-corrected chi connectivity index (χ1v) is 13.7. The average Bonchev–Trinajstić information content (AvgIpc) is 3.00. The number of carbonyl (C=O) groups excluding carboxylic acids is 2. The van der Waals surface area contributed by atoms with Gasteiger partial charge in [0.25, 0.3) is 5.91 Å². The first-order valence-electron chi connectivity index (χ1n) is 13.3. The summed E-state index contributed by atoms with van der Waals surface area (Å²) in [4.78, 5) is 51.4. The molecule has 0 aromatic heterocycles. The van der Waals surface area contributed by atoms with Crippen LogP contribution in [0.25, 0.3) is 10.8 Å². The van der Waals surface area contributed by atoms with E-state index in [4.69, 9.17) is 21.4 Å². The second-order valence-corrected chi connectivity index (χ2v) is 11.8. The van der Waals surface area contributed by atoms with Crippen molar-refractivity contribution < 1.29 is 34.1 Å². The van der Waals surface area contributed by atoms with Gasteiger partial charge in [0, 0.05) is 29.2 Å². The number of carboxylic acid groups (broad SMARTS) is 2. The number of nitrogens with one attached hydrogen (secondary N) is 1. The average molecular weight is 581 g/mol. The number of ether oxygens (including phenoxy) is 1. The van der Waals surface area contributed by atoms with Crippen molar-refractivity contribution in [2.75, 3.05) is 11.4 Å². The fraction of sp³-hybridized carbons (Fsp3) is 0.355. The van der Waals surface area contributed by atoms with Gasteiger partial charge >= 0.3 is 11.9 Å². The quantitative estimate of drug-likeness (QED) is 0.317. The Bertz CT molecular complexity index is 1480. The highest BCUT2D eigenvalue weighted by atomic mass is 35.5. The molecule has 216 valence electrons. The molecule has 2 amide bonds. The van der Waals surface area contributed by atoms with E-state index in [0.29, 0.717) is 22.8 Å². The van der Waals surface area contributed by atoms with Crippen molar-refractivity contribution in [3.05, 3.63) is 76.8 Å². The Balaban J connectivity index is 1.78. The highest BCUT2D eigenvalue weighted by Crippen LogP contribution is 2.42. The fourth-order valence-electron chi connectivity index (χ4n) is 5.01. The molecular weight excluding hydrogens is 548 g/mol. The van der Waals surface area contributed by atoms with Gasteiger partial charge in [-0.25, -0.2) is 4.79 Å². The van der Waals surface area contributed by atoms with E-state index >= 15 is 0 Å². The van der Waals surface area contributed by atoms with Crippen LogP contribution in [0.3, 0.4) is 0 Å². The summed E-state index contributed by atoms with van der Waals surface area (Å²) in [5.41, 5.74) is 1.75. The number of rotatable bonds is 9. The van der Waals surface area contributed by atoms with Crippen LogP contribution in [0.1, 0.15) is 57.3 Å². The van der Waals surface area contributed by atoms with Crippen LogP contribution in [0.15, 0.2) is 60.7 Å². The molecule has 0 saturated carbocycles. The van der Waals surface area contributed by atoms with Crippen LogP contribution < -0.4 is 10.2 Å². The molecule has 0 radical (unpaired) electrons. The van der Waals surface area contributed by atoms with Gasteiger partial charge in [-0.1, -0.05) is 74.8 Å². The summed E-state index contributed by atoms with van der Waals surface area (Å²) in [5, 5.41) is 23.2. The summed E-state index contributed by atoms with van der Waals surface area (Å²) < 4.78 is 6.50. The largest absolute Gasteiger partial charge is 0.481 e. The van der Waals surface area contributed by atoms with E-state index in [9.17, 15) is 24.3 Å². The summed E-state index contributed by atoms with van der Waals surface area (Å²) in [7, 11) is 0. The first kappa shape index (κ1) is 30.0. The van der Waals surface area contributed by atoms with Gasteiger partial charge in [-0.15, -0.1) is 0 Å². The minimum atomic E-state index is -1.42. The van der Waals surface area contributed by atoms with Gasteiger partial charge < -0.3 is 25.2 Å². The predicted molar refractivity (Wildman–Crippen MR) is 155 cm³/mol. The van der Waals surface area contributed by atoms with Gasteiger partial charge in [0.2, 0.25) is 5.91 Å². The molecule has 0 saturated heterocycles. The van der Waals surface area contributed by atoms with Gasteiger partial charge in [0.15, 0.2) is 0 Å². The van der Waals surface area contributed by atoms with Crippen LogP contribution in [0.2, 0.25) is 5.02 Å². The van der Waals surface area contributed by atoms with Gasteiger partial charge in [-0.2, -0.15) is 0 Å². The maximum Gasteiger partial charge on any atom is 0.326 e. The number of hydrogen-bond donors (Lipinski definition) is 3. The molecule has 1 aliphatic rings. The molecule has 0 bridgehead atoms. The summed E-state index contributed by atoms with van der Waals surface area (Å²) in [5.74, 6) is -3.73. The van der Waals surface area contributed by atoms with E-state index in [2.05, 4.69) is 5.32 Å². The third-order valence-electron chi connectivity index (χ3n) is 6.79. The highest BCUT2D eigenvalue weighted by molar-refractivity contribution is 6.30. The number of hydrogen-bond acceptors (Lipinski definition) is 5. The van der Waals surface area contributed by atoms with Crippen molar-refractivity contribution in [2.24, 2.45) is 5.41 Å². The molecule has 2 unspecified atom stereocenters. The Morgan fingerprint density at radius 2 is 1.73 bits per heavy atom. The molecule has 3 atom stereocenters. The minimum absolute atomic E-state index is 0.297. The Kier molecular flexibility index (Phi) is 8.99. The normalized spacial score (nSPS) is 18.0. The summed E-state index contributed by atoms with van der Waals surface area (Å²) in [6, 6.07) is 17.4.